The molecule has 0 aromatic carbocycles. The molecule has 5 nitrogen and oxygen atoms in total. The molecular formula is C16H27N3O2S. The molecule has 0 spiro atoms. The topological polar surface area (TPSA) is 71.1 Å². The lowest BCUT2D eigenvalue weighted by atomic mass is 9.86. The Bertz CT molecular complexity index is 559. The van der Waals surface area contributed by atoms with E-state index in [0.29, 0.717) is 5.92 Å². The fourth-order valence-corrected chi connectivity index (χ4v) is 3.62. The second-order valence-corrected chi connectivity index (χ2v) is 9.51. The van der Waals surface area contributed by atoms with E-state index in [1.165, 1.54) is 0 Å². The standard InChI is InChI=1S/C16H27N3O2S/c1-16(2,3)22(20,21)19-14-9-7-13(8-10-14)12-18-15-6-4-5-11-17-15/h4-6,11,13-14,19H,7-10,12H2,1-3H3,(H,17,18). The number of sulfonamides is 1. The maximum absolute atomic E-state index is 12.2. The molecule has 1 aromatic rings. The molecule has 1 heterocycles. The Hall–Kier alpha value is -1.14. The van der Waals surface area contributed by atoms with Crippen LogP contribution in [0.1, 0.15) is 46.5 Å². The van der Waals surface area contributed by atoms with Crippen LogP contribution in [0.4, 0.5) is 5.82 Å². The lowest BCUT2D eigenvalue weighted by Gasteiger charge is -2.31. The van der Waals surface area contributed by atoms with Crippen molar-refractivity contribution in [3.05, 3.63) is 24.4 Å². The third kappa shape index (κ3) is 4.68. The van der Waals surface area contributed by atoms with Gasteiger partial charge in [0.25, 0.3) is 0 Å². The van der Waals surface area contributed by atoms with E-state index in [4.69, 9.17) is 0 Å². The van der Waals surface area contributed by atoms with Crippen LogP contribution < -0.4 is 10.0 Å². The first-order valence-corrected chi connectivity index (χ1v) is 9.43. The van der Waals surface area contributed by atoms with Crippen LogP contribution in [-0.4, -0.2) is 30.7 Å². The van der Waals surface area contributed by atoms with E-state index in [-0.39, 0.29) is 6.04 Å². The van der Waals surface area contributed by atoms with Gasteiger partial charge in [-0.1, -0.05) is 6.07 Å². The van der Waals surface area contributed by atoms with Crippen LogP contribution in [0.2, 0.25) is 0 Å². The van der Waals surface area contributed by atoms with E-state index in [2.05, 4.69) is 15.0 Å². The van der Waals surface area contributed by atoms with Gasteiger partial charge in [-0.2, -0.15) is 0 Å². The molecule has 1 saturated carbocycles. The van der Waals surface area contributed by atoms with E-state index in [0.717, 1.165) is 38.0 Å². The highest BCUT2D eigenvalue weighted by atomic mass is 32.2. The summed E-state index contributed by atoms with van der Waals surface area (Å²) >= 11 is 0. The van der Waals surface area contributed by atoms with Crippen LogP contribution in [0.25, 0.3) is 0 Å². The average Bonchev–Trinajstić information content (AvgIpc) is 2.46. The summed E-state index contributed by atoms with van der Waals surface area (Å²) in [5.74, 6) is 1.48. The molecule has 0 atom stereocenters. The van der Waals surface area contributed by atoms with Crippen molar-refractivity contribution in [1.82, 2.24) is 9.71 Å². The monoisotopic (exact) mass is 325 g/mol. The minimum atomic E-state index is -3.25. The fraction of sp³-hybridized carbons (Fsp3) is 0.688. The molecule has 1 aliphatic rings. The third-order valence-electron chi connectivity index (χ3n) is 4.21. The minimum Gasteiger partial charge on any atom is -0.370 e. The van der Waals surface area contributed by atoms with E-state index in [1.54, 1.807) is 27.0 Å². The largest absolute Gasteiger partial charge is 0.370 e. The summed E-state index contributed by atoms with van der Waals surface area (Å²) in [7, 11) is -3.25. The van der Waals surface area contributed by atoms with Crippen molar-refractivity contribution >= 4 is 15.8 Å². The van der Waals surface area contributed by atoms with Crippen LogP contribution in [0.15, 0.2) is 24.4 Å². The molecule has 6 heteroatoms. The highest BCUT2D eigenvalue weighted by Gasteiger charge is 2.32. The van der Waals surface area contributed by atoms with Crippen LogP contribution in [-0.2, 0) is 10.0 Å². The molecule has 0 amide bonds. The van der Waals surface area contributed by atoms with Gasteiger partial charge < -0.3 is 5.32 Å². The Labute approximate surface area is 134 Å². The van der Waals surface area contributed by atoms with Crippen molar-refractivity contribution in [3.63, 3.8) is 0 Å². The van der Waals surface area contributed by atoms with E-state index < -0.39 is 14.8 Å². The molecule has 124 valence electrons. The van der Waals surface area contributed by atoms with Gasteiger partial charge in [-0.15, -0.1) is 0 Å². The predicted molar refractivity (Wildman–Crippen MR) is 90.3 cm³/mol. The molecule has 2 rings (SSSR count). The van der Waals surface area contributed by atoms with Crippen molar-refractivity contribution < 1.29 is 8.42 Å². The Morgan fingerprint density at radius 2 is 1.86 bits per heavy atom. The highest BCUT2D eigenvalue weighted by molar-refractivity contribution is 7.90. The van der Waals surface area contributed by atoms with E-state index >= 15 is 0 Å². The molecule has 1 aliphatic carbocycles. The van der Waals surface area contributed by atoms with Gasteiger partial charge in [-0.3, -0.25) is 0 Å². The maximum Gasteiger partial charge on any atom is 0.216 e. The molecule has 1 aromatic heterocycles. The zero-order chi connectivity index (χ0) is 16.2. The lowest BCUT2D eigenvalue weighted by molar-refractivity contribution is 0.322. The minimum absolute atomic E-state index is 0.0790. The molecule has 0 aliphatic heterocycles. The van der Waals surface area contributed by atoms with Gasteiger partial charge >= 0.3 is 0 Å². The van der Waals surface area contributed by atoms with Crippen molar-refractivity contribution in [2.45, 2.75) is 57.2 Å². The predicted octanol–water partition coefficient (Wildman–Crippen LogP) is 2.77. The molecule has 0 radical (unpaired) electrons. The van der Waals surface area contributed by atoms with Crippen molar-refractivity contribution in [2.24, 2.45) is 5.92 Å². The summed E-state index contributed by atoms with van der Waals surface area (Å²) in [5.41, 5.74) is 0. The molecule has 1 fully saturated rings. The zero-order valence-corrected chi connectivity index (χ0v) is 14.5. The summed E-state index contributed by atoms with van der Waals surface area (Å²) < 4.78 is 26.5. The number of nitrogens with one attached hydrogen (secondary N) is 2. The average molecular weight is 325 g/mol. The molecule has 0 unspecified atom stereocenters. The number of aromatic nitrogens is 1. The summed E-state index contributed by atoms with van der Waals surface area (Å²) in [6.07, 6.45) is 5.67. The smallest absolute Gasteiger partial charge is 0.216 e. The fourth-order valence-electron chi connectivity index (χ4n) is 2.60. The van der Waals surface area contributed by atoms with Crippen LogP contribution in [0.5, 0.6) is 0 Å². The zero-order valence-electron chi connectivity index (χ0n) is 13.7. The molecule has 0 bridgehead atoms. The second kappa shape index (κ2) is 6.96. The van der Waals surface area contributed by atoms with E-state index in [9.17, 15) is 8.42 Å². The Kier molecular flexibility index (Phi) is 5.45. The van der Waals surface area contributed by atoms with Gasteiger partial charge in [0.1, 0.15) is 5.82 Å². The van der Waals surface area contributed by atoms with Crippen molar-refractivity contribution in [1.29, 1.82) is 0 Å². The van der Waals surface area contributed by atoms with E-state index in [1.807, 2.05) is 18.2 Å². The van der Waals surface area contributed by atoms with Gasteiger partial charge in [0.15, 0.2) is 0 Å². The molecular weight excluding hydrogens is 298 g/mol. The SMILES string of the molecule is CC(C)(C)S(=O)(=O)NC1CCC(CNc2ccccn2)CC1. The first-order chi connectivity index (χ1) is 10.3. The Balaban J connectivity index is 1.76. The van der Waals surface area contributed by atoms with Crippen LogP contribution >= 0.6 is 0 Å². The summed E-state index contributed by atoms with van der Waals surface area (Å²) in [6, 6.07) is 5.91. The van der Waals surface area contributed by atoms with Crippen molar-refractivity contribution in [2.75, 3.05) is 11.9 Å². The number of anilines is 1. The normalized spacial score (nSPS) is 23.2. The first-order valence-electron chi connectivity index (χ1n) is 7.95. The lowest BCUT2D eigenvalue weighted by Crippen LogP contribution is -2.46. The molecule has 0 saturated heterocycles. The number of hydrogen-bond donors (Lipinski definition) is 2. The quantitative estimate of drug-likeness (QED) is 0.873. The van der Waals surface area contributed by atoms with Gasteiger partial charge in [-0.05, 0) is 64.5 Å². The Morgan fingerprint density at radius 3 is 2.41 bits per heavy atom. The van der Waals surface area contributed by atoms with Crippen molar-refractivity contribution in [3.8, 4) is 0 Å². The number of nitrogens with zero attached hydrogens (tertiary/aromatic N) is 1. The highest BCUT2D eigenvalue weighted by Crippen LogP contribution is 2.26. The number of pyridine rings is 1. The van der Waals surface area contributed by atoms with Gasteiger partial charge in [0.05, 0.1) is 4.75 Å². The van der Waals surface area contributed by atoms with Gasteiger partial charge in [-0.25, -0.2) is 18.1 Å². The first kappa shape index (κ1) is 17.2. The number of hydrogen-bond acceptors (Lipinski definition) is 4. The molecule has 22 heavy (non-hydrogen) atoms. The van der Waals surface area contributed by atoms with Crippen LogP contribution in [0, 0.1) is 5.92 Å². The Morgan fingerprint density at radius 1 is 1.18 bits per heavy atom. The van der Waals surface area contributed by atoms with Crippen LogP contribution in [0.3, 0.4) is 0 Å². The second-order valence-electron chi connectivity index (χ2n) is 7.05. The summed E-state index contributed by atoms with van der Waals surface area (Å²) in [6.45, 7) is 6.10. The molecule has 2 N–H and O–H groups in total. The van der Waals surface area contributed by atoms with Gasteiger partial charge in [0, 0.05) is 18.8 Å². The number of rotatable bonds is 5. The van der Waals surface area contributed by atoms with Gasteiger partial charge in [0.2, 0.25) is 10.0 Å². The maximum atomic E-state index is 12.2. The summed E-state index contributed by atoms with van der Waals surface area (Å²) in [5, 5.41) is 3.35. The third-order valence-corrected chi connectivity index (χ3v) is 6.47. The summed E-state index contributed by atoms with van der Waals surface area (Å²) in [4.78, 5) is 4.25.